The number of nitrogens with one attached hydrogen (secondary N) is 2. The van der Waals surface area contributed by atoms with Crippen LogP contribution in [0, 0.1) is 5.92 Å². The summed E-state index contributed by atoms with van der Waals surface area (Å²) in [5.74, 6) is 1.29. The molecule has 0 bridgehead atoms. The number of hydrogen-bond acceptors (Lipinski definition) is 6. The molecular weight excluding hydrogens is 258 g/mol. The standard InChI is InChI=1S/C13H21N5O2/c1-2-7-20-13-10(14)11(17-8-18-13)15-5-6-16-12(19)9-3-4-9/h8-9H,2-7,14H2,1H3,(H,16,19)(H,15,17,18). The molecule has 7 heteroatoms. The molecule has 0 saturated heterocycles. The molecule has 0 spiro atoms. The van der Waals surface area contributed by atoms with Crippen molar-refractivity contribution in [3.05, 3.63) is 6.33 Å². The predicted octanol–water partition coefficient (Wildman–Crippen LogP) is 0.786. The van der Waals surface area contributed by atoms with Crippen LogP contribution in [-0.4, -0.2) is 35.6 Å². The van der Waals surface area contributed by atoms with Crippen molar-refractivity contribution >= 4 is 17.4 Å². The van der Waals surface area contributed by atoms with E-state index in [9.17, 15) is 4.79 Å². The smallest absolute Gasteiger partial charge is 0.242 e. The topological polar surface area (TPSA) is 102 Å². The van der Waals surface area contributed by atoms with Gasteiger partial charge in [0, 0.05) is 19.0 Å². The SMILES string of the molecule is CCCOc1ncnc(NCCNC(=O)C2CC2)c1N. The van der Waals surface area contributed by atoms with E-state index in [1.807, 2.05) is 6.92 Å². The zero-order chi connectivity index (χ0) is 14.4. The Bertz CT molecular complexity index is 462. The number of amides is 1. The van der Waals surface area contributed by atoms with Crippen LogP contribution >= 0.6 is 0 Å². The second-order valence-corrected chi connectivity index (χ2v) is 4.78. The molecule has 7 nitrogen and oxygen atoms in total. The number of hydrogen-bond donors (Lipinski definition) is 3. The van der Waals surface area contributed by atoms with Crippen LogP contribution in [0.25, 0.3) is 0 Å². The van der Waals surface area contributed by atoms with Gasteiger partial charge in [0.25, 0.3) is 0 Å². The van der Waals surface area contributed by atoms with Crippen molar-refractivity contribution in [2.45, 2.75) is 26.2 Å². The lowest BCUT2D eigenvalue weighted by Crippen LogP contribution is -2.30. The summed E-state index contributed by atoms with van der Waals surface area (Å²) < 4.78 is 5.43. The molecule has 1 heterocycles. The molecule has 1 aromatic rings. The van der Waals surface area contributed by atoms with Crippen LogP contribution in [0.4, 0.5) is 11.5 Å². The van der Waals surface area contributed by atoms with Crippen LogP contribution in [0.15, 0.2) is 6.33 Å². The molecule has 20 heavy (non-hydrogen) atoms. The first-order valence-corrected chi connectivity index (χ1v) is 6.97. The molecule has 1 fully saturated rings. The van der Waals surface area contributed by atoms with Gasteiger partial charge in [-0.1, -0.05) is 6.92 Å². The van der Waals surface area contributed by atoms with Gasteiger partial charge >= 0.3 is 0 Å². The summed E-state index contributed by atoms with van der Waals surface area (Å²) in [4.78, 5) is 19.5. The second kappa shape index (κ2) is 6.93. The van der Waals surface area contributed by atoms with E-state index in [0.29, 0.717) is 37.1 Å². The molecule has 110 valence electrons. The van der Waals surface area contributed by atoms with Crippen molar-refractivity contribution < 1.29 is 9.53 Å². The van der Waals surface area contributed by atoms with Gasteiger partial charge in [0.05, 0.1) is 6.61 Å². The Labute approximate surface area is 118 Å². The van der Waals surface area contributed by atoms with E-state index in [0.717, 1.165) is 19.3 Å². The molecule has 1 saturated carbocycles. The number of aromatic nitrogens is 2. The average Bonchev–Trinajstić information content (AvgIpc) is 3.28. The highest BCUT2D eigenvalue weighted by Crippen LogP contribution is 2.28. The van der Waals surface area contributed by atoms with Gasteiger partial charge < -0.3 is 21.1 Å². The zero-order valence-corrected chi connectivity index (χ0v) is 11.7. The molecule has 1 aromatic heterocycles. The van der Waals surface area contributed by atoms with Gasteiger partial charge in [-0.25, -0.2) is 4.98 Å². The van der Waals surface area contributed by atoms with E-state index >= 15 is 0 Å². The van der Waals surface area contributed by atoms with E-state index in [2.05, 4.69) is 20.6 Å². The minimum absolute atomic E-state index is 0.134. The van der Waals surface area contributed by atoms with Crippen LogP contribution in [0.5, 0.6) is 5.88 Å². The first-order chi connectivity index (χ1) is 9.72. The lowest BCUT2D eigenvalue weighted by Gasteiger charge is -2.11. The van der Waals surface area contributed by atoms with Crippen molar-refractivity contribution in [2.75, 3.05) is 30.7 Å². The third-order valence-corrected chi connectivity index (χ3v) is 2.96. The first kappa shape index (κ1) is 14.4. The summed E-state index contributed by atoms with van der Waals surface area (Å²) in [6.45, 7) is 3.69. The Balaban J connectivity index is 1.78. The van der Waals surface area contributed by atoms with Crippen LogP contribution < -0.4 is 21.1 Å². The monoisotopic (exact) mass is 279 g/mol. The van der Waals surface area contributed by atoms with Gasteiger partial charge in [0.2, 0.25) is 11.8 Å². The molecule has 1 aliphatic rings. The molecule has 0 atom stereocenters. The van der Waals surface area contributed by atoms with Gasteiger partial charge in [-0.3, -0.25) is 4.79 Å². The summed E-state index contributed by atoms with van der Waals surface area (Å²) in [6, 6.07) is 0. The van der Waals surface area contributed by atoms with E-state index in [4.69, 9.17) is 10.5 Å². The maximum Gasteiger partial charge on any atom is 0.242 e. The van der Waals surface area contributed by atoms with Gasteiger partial charge in [0.15, 0.2) is 5.82 Å². The molecule has 0 radical (unpaired) electrons. The Kier molecular flexibility index (Phi) is 4.97. The van der Waals surface area contributed by atoms with Gasteiger partial charge in [-0.2, -0.15) is 4.98 Å². The summed E-state index contributed by atoms with van der Waals surface area (Å²) in [5.41, 5.74) is 6.32. The van der Waals surface area contributed by atoms with E-state index in [1.54, 1.807) is 0 Å². The maximum absolute atomic E-state index is 11.4. The molecule has 2 rings (SSSR count). The quantitative estimate of drug-likeness (QED) is 0.608. The van der Waals surface area contributed by atoms with Gasteiger partial charge in [0.1, 0.15) is 12.0 Å². The summed E-state index contributed by atoms with van der Waals surface area (Å²) >= 11 is 0. The second-order valence-electron chi connectivity index (χ2n) is 4.78. The number of carbonyl (C=O) groups excluding carboxylic acids is 1. The lowest BCUT2D eigenvalue weighted by atomic mass is 10.4. The summed E-state index contributed by atoms with van der Waals surface area (Å²) in [5, 5.41) is 5.94. The number of anilines is 2. The molecule has 1 aliphatic carbocycles. The minimum Gasteiger partial charge on any atom is -0.476 e. The number of nitrogens with zero attached hydrogens (tertiary/aromatic N) is 2. The average molecular weight is 279 g/mol. The fourth-order valence-corrected chi connectivity index (χ4v) is 1.69. The van der Waals surface area contributed by atoms with Crippen LogP contribution in [0.3, 0.4) is 0 Å². The molecule has 1 amide bonds. The first-order valence-electron chi connectivity index (χ1n) is 6.97. The highest BCUT2D eigenvalue weighted by atomic mass is 16.5. The zero-order valence-electron chi connectivity index (χ0n) is 11.7. The summed E-state index contributed by atoms with van der Waals surface area (Å²) in [7, 11) is 0. The Morgan fingerprint density at radius 3 is 2.95 bits per heavy atom. The Morgan fingerprint density at radius 1 is 1.45 bits per heavy atom. The number of nitrogen functional groups attached to an aromatic ring is 1. The number of ether oxygens (including phenoxy) is 1. The van der Waals surface area contributed by atoms with Crippen molar-refractivity contribution in [1.82, 2.24) is 15.3 Å². The van der Waals surface area contributed by atoms with Gasteiger partial charge in [-0.15, -0.1) is 0 Å². The lowest BCUT2D eigenvalue weighted by molar-refractivity contribution is -0.122. The van der Waals surface area contributed by atoms with Gasteiger partial charge in [-0.05, 0) is 19.3 Å². The van der Waals surface area contributed by atoms with Crippen LogP contribution in [-0.2, 0) is 4.79 Å². The highest BCUT2D eigenvalue weighted by Gasteiger charge is 2.28. The van der Waals surface area contributed by atoms with Crippen molar-refractivity contribution in [3.8, 4) is 5.88 Å². The van der Waals surface area contributed by atoms with E-state index in [-0.39, 0.29) is 11.8 Å². The Morgan fingerprint density at radius 2 is 2.25 bits per heavy atom. The fraction of sp³-hybridized carbons (Fsp3) is 0.615. The fourth-order valence-electron chi connectivity index (χ4n) is 1.69. The number of rotatable bonds is 8. The van der Waals surface area contributed by atoms with E-state index in [1.165, 1.54) is 6.33 Å². The third-order valence-electron chi connectivity index (χ3n) is 2.96. The normalized spacial score (nSPS) is 13.8. The number of carbonyl (C=O) groups is 1. The largest absolute Gasteiger partial charge is 0.476 e. The van der Waals surface area contributed by atoms with Crippen LogP contribution in [0.1, 0.15) is 26.2 Å². The third kappa shape index (κ3) is 3.97. The predicted molar refractivity (Wildman–Crippen MR) is 76.5 cm³/mol. The van der Waals surface area contributed by atoms with Crippen molar-refractivity contribution in [1.29, 1.82) is 0 Å². The molecule has 0 unspecified atom stereocenters. The maximum atomic E-state index is 11.4. The molecule has 0 aliphatic heterocycles. The van der Waals surface area contributed by atoms with Crippen molar-refractivity contribution in [3.63, 3.8) is 0 Å². The minimum atomic E-state index is 0.134. The highest BCUT2D eigenvalue weighted by molar-refractivity contribution is 5.80. The van der Waals surface area contributed by atoms with E-state index < -0.39 is 0 Å². The summed E-state index contributed by atoms with van der Waals surface area (Å²) in [6.07, 6.45) is 4.32. The van der Waals surface area contributed by atoms with Crippen LogP contribution in [0.2, 0.25) is 0 Å². The molecular formula is C13H21N5O2. The Hall–Kier alpha value is -2.05. The molecule has 4 N–H and O–H groups in total. The molecule has 0 aromatic carbocycles. The number of nitrogens with two attached hydrogens (primary N) is 1. The van der Waals surface area contributed by atoms with Crippen molar-refractivity contribution in [2.24, 2.45) is 5.92 Å².